The van der Waals surface area contributed by atoms with E-state index in [0.29, 0.717) is 17.7 Å². The van der Waals surface area contributed by atoms with Crippen LogP contribution in [-0.2, 0) is 20.0 Å². The molecule has 1 aliphatic heterocycles. The maximum Gasteiger partial charge on any atom is 0.250 e. The normalized spacial score (nSPS) is 18.7. The van der Waals surface area contributed by atoms with E-state index in [0.717, 1.165) is 17.6 Å². The van der Waals surface area contributed by atoms with E-state index in [-0.39, 0.29) is 10.8 Å². The molecule has 23 heavy (non-hydrogen) atoms. The molecule has 1 unspecified atom stereocenters. The Morgan fingerprint density at radius 3 is 2.52 bits per heavy atom. The molecule has 2 heterocycles. The fourth-order valence-corrected chi connectivity index (χ4v) is 5.88. The van der Waals surface area contributed by atoms with E-state index < -0.39 is 26.1 Å². The summed E-state index contributed by atoms with van der Waals surface area (Å²) in [6, 6.07) is 9.75. The highest BCUT2D eigenvalue weighted by Crippen LogP contribution is 2.36. The summed E-state index contributed by atoms with van der Waals surface area (Å²) in [5.74, 6) is 0. The number of benzene rings is 1. The second-order valence-electron chi connectivity index (χ2n) is 5.29. The fourth-order valence-electron chi connectivity index (χ4n) is 2.66. The summed E-state index contributed by atoms with van der Waals surface area (Å²) in [6.07, 6.45) is 1.54. The summed E-state index contributed by atoms with van der Waals surface area (Å²) in [7, 11) is -7.00. The van der Waals surface area contributed by atoms with Crippen LogP contribution in [0.2, 0.25) is 0 Å². The van der Waals surface area contributed by atoms with Gasteiger partial charge in [-0.3, -0.25) is 4.31 Å². The van der Waals surface area contributed by atoms with Gasteiger partial charge in [0.25, 0.3) is 10.0 Å². The van der Waals surface area contributed by atoms with Crippen LogP contribution in [0.15, 0.2) is 46.0 Å². The van der Waals surface area contributed by atoms with Crippen LogP contribution in [0.3, 0.4) is 0 Å². The van der Waals surface area contributed by atoms with E-state index in [2.05, 4.69) is 4.72 Å². The standard InChI is InChI=1S/C14H16N2O4S3/c1-22(17,18)16-9-8-12(11-5-2-3-6-13(11)16)15-23(19,20)14-7-4-10-21-14/h2-7,10,12,15H,8-9H2,1H3. The zero-order valence-corrected chi connectivity index (χ0v) is 14.8. The first-order valence-corrected chi connectivity index (χ1v) is 11.1. The molecular formula is C14H16N2O4S3. The number of hydrogen-bond acceptors (Lipinski definition) is 5. The predicted molar refractivity (Wildman–Crippen MR) is 90.6 cm³/mol. The van der Waals surface area contributed by atoms with Crippen LogP contribution < -0.4 is 9.03 Å². The molecule has 1 atom stereocenters. The van der Waals surface area contributed by atoms with Gasteiger partial charge in [0.15, 0.2) is 0 Å². The zero-order valence-electron chi connectivity index (χ0n) is 12.3. The summed E-state index contributed by atoms with van der Waals surface area (Å²) < 4.78 is 52.9. The van der Waals surface area contributed by atoms with Crippen molar-refractivity contribution in [1.29, 1.82) is 0 Å². The Morgan fingerprint density at radius 2 is 1.87 bits per heavy atom. The van der Waals surface area contributed by atoms with Crippen molar-refractivity contribution in [3.8, 4) is 0 Å². The molecule has 1 aliphatic rings. The minimum absolute atomic E-state index is 0.244. The van der Waals surface area contributed by atoms with Crippen LogP contribution in [0, 0.1) is 0 Å². The van der Waals surface area contributed by atoms with Gasteiger partial charge in [0.2, 0.25) is 10.0 Å². The third-order valence-electron chi connectivity index (χ3n) is 3.66. The van der Waals surface area contributed by atoms with Gasteiger partial charge in [-0.05, 0) is 29.5 Å². The number of thiophene rings is 1. The monoisotopic (exact) mass is 372 g/mol. The van der Waals surface area contributed by atoms with E-state index in [4.69, 9.17) is 0 Å². The highest BCUT2D eigenvalue weighted by atomic mass is 32.2. The van der Waals surface area contributed by atoms with Crippen molar-refractivity contribution < 1.29 is 16.8 Å². The first-order chi connectivity index (χ1) is 10.8. The van der Waals surface area contributed by atoms with Crippen molar-refractivity contribution in [3.63, 3.8) is 0 Å². The number of hydrogen-bond donors (Lipinski definition) is 1. The predicted octanol–water partition coefficient (Wildman–Crippen LogP) is 1.94. The lowest BCUT2D eigenvalue weighted by Crippen LogP contribution is -2.40. The molecule has 124 valence electrons. The van der Waals surface area contributed by atoms with Gasteiger partial charge in [0, 0.05) is 6.54 Å². The molecule has 6 nitrogen and oxygen atoms in total. The highest BCUT2D eigenvalue weighted by molar-refractivity contribution is 7.92. The molecule has 0 bridgehead atoms. The number of rotatable bonds is 4. The largest absolute Gasteiger partial charge is 0.270 e. The van der Waals surface area contributed by atoms with Crippen molar-refractivity contribution in [3.05, 3.63) is 47.3 Å². The first-order valence-electron chi connectivity index (χ1n) is 6.91. The molecule has 1 N–H and O–H groups in total. The molecule has 2 aromatic rings. The first kappa shape index (κ1) is 16.4. The summed E-state index contributed by atoms with van der Waals surface area (Å²) >= 11 is 1.15. The van der Waals surface area contributed by atoms with Gasteiger partial charge in [0.1, 0.15) is 4.21 Å². The van der Waals surface area contributed by atoms with Crippen LogP contribution in [-0.4, -0.2) is 29.6 Å². The van der Waals surface area contributed by atoms with Crippen molar-refractivity contribution in [2.45, 2.75) is 16.7 Å². The highest BCUT2D eigenvalue weighted by Gasteiger charge is 2.32. The van der Waals surface area contributed by atoms with E-state index in [9.17, 15) is 16.8 Å². The van der Waals surface area contributed by atoms with Gasteiger partial charge in [-0.15, -0.1) is 11.3 Å². The van der Waals surface area contributed by atoms with Gasteiger partial charge in [0.05, 0.1) is 18.0 Å². The second kappa shape index (κ2) is 5.90. The second-order valence-corrected chi connectivity index (χ2v) is 10.1. The van der Waals surface area contributed by atoms with Crippen LogP contribution in [0.1, 0.15) is 18.0 Å². The molecule has 0 saturated carbocycles. The van der Waals surface area contributed by atoms with E-state index in [1.807, 2.05) is 0 Å². The molecule has 3 rings (SSSR count). The molecular weight excluding hydrogens is 356 g/mol. The van der Waals surface area contributed by atoms with Gasteiger partial charge in [-0.2, -0.15) is 0 Å². The van der Waals surface area contributed by atoms with Gasteiger partial charge in [-0.1, -0.05) is 24.3 Å². The summed E-state index contributed by atoms with van der Waals surface area (Å²) in [5.41, 5.74) is 1.20. The molecule has 0 saturated heterocycles. The third-order valence-corrected chi connectivity index (χ3v) is 7.71. The molecule has 0 amide bonds. The van der Waals surface area contributed by atoms with Crippen molar-refractivity contribution in [1.82, 2.24) is 4.72 Å². The molecule has 0 aliphatic carbocycles. The number of fused-ring (bicyclic) bond motifs is 1. The van der Waals surface area contributed by atoms with E-state index in [1.54, 1.807) is 41.8 Å². The van der Waals surface area contributed by atoms with E-state index >= 15 is 0 Å². The number of nitrogens with zero attached hydrogens (tertiary/aromatic N) is 1. The number of nitrogens with one attached hydrogen (secondary N) is 1. The Morgan fingerprint density at radius 1 is 1.13 bits per heavy atom. The lowest BCUT2D eigenvalue weighted by atomic mass is 9.99. The third kappa shape index (κ3) is 3.27. The lowest BCUT2D eigenvalue weighted by Gasteiger charge is -2.34. The van der Waals surface area contributed by atoms with Gasteiger partial charge >= 0.3 is 0 Å². The van der Waals surface area contributed by atoms with Crippen LogP contribution in [0.4, 0.5) is 5.69 Å². The lowest BCUT2D eigenvalue weighted by molar-refractivity contribution is 0.532. The topological polar surface area (TPSA) is 83.6 Å². The molecule has 9 heteroatoms. The molecule has 1 aromatic heterocycles. The Labute approximate surface area is 139 Å². The molecule has 0 spiro atoms. The van der Waals surface area contributed by atoms with Crippen molar-refractivity contribution in [2.24, 2.45) is 0 Å². The Hall–Kier alpha value is -1.42. The fraction of sp³-hybridized carbons (Fsp3) is 0.286. The number of sulfonamides is 2. The molecule has 1 aromatic carbocycles. The minimum Gasteiger partial charge on any atom is -0.270 e. The quantitative estimate of drug-likeness (QED) is 0.889. The summed E-state index contributed by atoms with van der Waals surface area (Å²) in [6.45, 7) is 0.244. The van der Waals surface area contributed by atoms with Crippen LogP contribution >= 0.6 is 11.3 Å². The SMILES string of the molecule is CS(=O)(=O)N1CCC(NS(=O)(=O)c2cccs2)c2ccccc21. The van der Waals surface area contributed by atoms with Crippen molar-refractivity contribution >= 4 is 37.1 Å². The number of anilines is 1. The molecule has 0 radical (unpaired) electrons. The summed E-state index contributed by atoms with van der Waals surface area (Å²) in [4.78, 5) is 0. The average Bonchev–Trinajstić information content (AvgIpc) is 3.01. The summed E-state index contributed by atoms with van der Waals surface area (Å²) in [5, 5.41) is 1.70. The zero-order chi connectivity index (χ0) is 16.7. The Balaban J connectivity index is 1.97. The van der Waals surface area contributed by atoms with Crippen molar-refractivity contribution in [2.75, 3.05) is 17.1 Å². The Bertz CT molecular complexity index is 905. The van der Waals surface area contributed by atoms with Gasteiger partial charge < -0.3 is 0 Å². The number of para-hydroxylation sites is 1. The van der Waals surface area contributed by atoms with Crippen LogP contribution in [0.5, 0.6) is 0 Å². The average molecular weight is 372 g/mol. The smallest absolute Gasteiger partial charge is 0.250 e. The maximum absolute atomic E-state index is 12.4. The molecule has 0 fully saturated rings. The van der Waals surface area contributed by atoms with Gasteiger partial charge in [-0.25, -0.2) is 21.6 Å². The van der Waals surface area contributed by atoms with E-state index in [1.165, 1.54) is 4.31 Å². The maximum atomic E-state index is 12.4. The Kier molecular flexibility index (Phi) is 4.21. The van der Waals surface area contributed by atoms with Crippen LogP contribution in [0.25, 0.3) is 0 Å². The minimum atomic E-state index is -3.61.